The fourth-order valence-electron chi connectivity index (χ4n) is 1.96. The molecule has 0 saturated carbocycles. The van der Waals surface area contributed by atoms with Gasteiger partial charge in [0.05, 0.1) is 12.2 Å². The van der Waals surface area contributed by atoms with E-state index >= 15 is 0 Å². The van der Waals surface area contributed by atoms with E-state index in [9.17, 15) is 4.79 Å². The van der Waals surface area contributed by atoms with Crippen LogP contribution < -0.4 is 10.1 Å². The van der Waals surface area contributed by atoms with Gasteiger partial charge in [0.25, 0.3) is 5.91 Å². The van der Waals surface area contributed by atoms with E-state index in [2.05, 4.69) is 10.2 Å². The van der Waals surface area contributed by atoms with Gasteiger partial charge in [-0.3, -0.25) is 4.79 Å². The molecule has 1 aliphatic heterocycles. The molecule has 0 fully saturated rings. The molecule has 1 aliphatic rings. The van der Waals surface area contributed by atoms with Gasteiger partial charge in [-0.25, -0.2) is 0 Å². The summed E-state index contributed by atoms with van der Waals surface area (Å²) in [4.78, 5) is 16.0. The molecule has 2 rings (SSSR count). The average molecular weight is 263 g/mol. The average Bonchev–Trinajstić information content (AvgIpc) is 2.43. The van der Waals surface area contributed by atoms with E-state index in [-0.39, 0.29) is 5.91 Å². The number of fused-ring (bicyclic) bond motifs is 1. The molecule has 1 N–H and O–H groups in total. The van der Waals surface area contributed by atoms with Gasteiger partial charge in [-0.15, -0.1) is 0 Å². The number of benzene rings is 1. The molecule has 0 aromatic heterocycles. The lowest BCUT2D eigenvalue weighted by atomic mass is 10.2. The number of hydrogen-bond acceptors (Lipinski definition) is 4. The van der Waals surface area contributed by atoms with E-state index in [0.717, 1.165) is 18.0 Å². The van der Waals surface area contributed by atoms with Crippen LogP contribution in [0.15, 0.2) is 24.3 Å². The first-order valence-corrected chi connectivity index (χ1v) is 6.47. The fraction of sp³-hybridized carbons (Fsp3) is 0.500. The van der Waals surface area contributed by atoms with Crippen LogP contribution in [0.3, 0.4) is 0 Å². The van der Waals surface area contributed by atoms with Crippen molar-refractivity contribution in [1.82, 2.24) is 9.80 Å². The van der Waals surface area contributed by atoms with Crippen molar-refractivity contribution < 1.29 is 9.53 Å². The van der Waals surface area contributed by atoms with Gasteiger partial charge >= 0.3 is 0 Å². The van der Waals surface area contributed by atoms with Crippen LogP contribution in [0.2, 0.25) is 0 Å². The molecule has 104 valence electrons. The molecule has 0 spiro atoms. The number of ether oxygens (including phenoxy) is 1. The van der Waals surface area contributed by atoms with Crippen LogP contribution in [-0.2, 0) is 4.79 Å². The van der Waals surface area contributed by atoms with E-state index < -0.39 is 6.10 Å². The zero-order valence-corrected chi connectivity index (χ0v) is 11.7. The molecule has 0 aliphatic carbocycles. The molecule has 1 unspecified atom stereocenters. The molecule has 1 heterocycles. The van der Waals surface area contributed by atoms with Crippen molar-refractivity contribution in [3.8, 4) is 5.75 Å². The van der Waals surface area contributed by atoms with Crippen molar-refractivity contribution in [3.63, 3.8) is 0 Å². The van der Waals surface area contributed by atoms with Gasteiger partial charge in [0.15, 0.2) is 6.10 Å². The van der Waals surface area contributed by atoms with Crippen molar-refractivity contribution in [2.24, 2.45) is 0 Å². The summed E-state index contributed by atoms with van der Waals surface area (Å²) in [6.07, 6.45) is -0.443. The van der Waals surface area contributed by atoms with Crippen molar-refractivity contribution in [2.75, 3.05) is 46.1 Å². The number of rotatable bonds is 4. The minimum absolute atomic E-state index is 0.0175. The normalized spacial score (nSPS) is 17.4. The maximum absolute atomic E-state index is 12.3. The molecule has 1 aromatic carbocycles. The number of carbonyl (C=O) groups is 1. The predicted molar refractivity (Wildman–Crippen MR) is 75.5 cm³/mol. The Hall–Kier alpha value is -1.75. The first-order chi connectivity index (χ1) is 9.08. The monoisotopic (exact) mass is 263 g/mol. The maximum Gasteiger partial charge on any atom is 0.265 e. The zero-order chi connectivity index (χ0) is 13.8. The number of amides is 1. The SMILES string of the molecule is CN(C)CCN(C)C(=O)C1CNc2ccccc2O1. The molecule has 1 amide bonds. The lowest BCUT2D eigenvalue weighted by Gasteiger charge is -2.30. The summed E-state index contributed by atoms with van der Waals surface area (Å²) in [6, 6.07) is 7.68. The van der Waals surface area contributed by atoms with Gasteiger partial charge in [0.2, 0.25) is 0 Å². The van der Waals surface area contributed by atoms with E-state index in [4.69, 9.17) is 4.74 Å². The van der Waals surface area contributed by atoms with E-state index in [0.29, 0.717) is 13.1 Å². The molecule has 0 radical (unpaired) electrons. The highest BCUT2D eigenvalue weighted by atomic mass is 16.5. The Balaban J connectivity index is 1.95. The number of nitrogens with one attached hydrogen (secondary N) is 1. The highest BCUT2D eigenvalue weighted by molar-refractivity contribution is 5.83. The molecule has 1 aromatic rings. The predicted octanol–water partition coefficient (Wildman–Crippen LogP) is 0.880. The number of hydrogen-bond donors (Lipinski definition) is 1. The topological polar surface area (TPSA) is 44.8 Å². The van der Waals surface area contributed by atoms with E-state index in [1.165, 1.54) is 0 Å². The number of nitrogens with zero attached hydrogens (tertiary/aromatic N) is 2. The Morgan fingerprint density at radius 1 is 1.32 bits per heavy atom. The second-order valence-corrected chi connectivity index (χ2v) is 5.05. The van der Waals surface area contributed by atoms with Crippen molar-refractivity contribution in [2.45, 2.75) is 6.10 Å². The highest BCUT2D eigenvalue weighted by Crippen LogP contribution is 2.28. The summed E-state index contributed by atoms with van der Waals surface area (Å²) in [5.41, 5.74) is 0.947. The minimum Gasteiger partial charge on any atom is -0.477 e. The third-order valence-corrected chi connectivity index (χ3v) is 3.17. The van der Waals surface area contributed by atoms with Gasteiger partial charge in [-0.2, -0.15) is 0 Å². The van der Waals surface area contributed by atoms with E-state index in [1.807, 2.05) is 45.4 Å². The highest BCUT2D eigenvalue weighted by Gasteiger charge is 2.27. The summed E-state index contributed by atoms with van der Waals surface area (Å²) >= 11 is 0. The second-order valence-electron chi connectivity index (χ2n) is 5.05. The molecular formula is C14H21N3O2. The Kier molecular flexibility index (Phi) is 4.27. The van der Waals surface area contributed by atoms with Gasteiger partial charge in [0.1, 0.15) is 5.75 Å². The van der Waals surface area contributed by atoms with Crippen LogP contribution in [0.1, 0.15) is 0 Å². The van der Waals surface area contributed by atoms with Crippen molar-refractivity contribution in [3.05, 3.63) is 24.3 Å². The Labute approximate surface area is 114 Å². The van der Waals surface area contributed by atoms with Crippen LogP contribution in [-0.4, -0.2) is 62.6 Å². The van der Waals surface area contributed by atoms with Crippen LogP contribution in [0.4, 0.5) is 5.69 Å². The number of likely N-dealkylation sites (N-methyl/N-ethyl adjacent to an activating group) is 2. The zero-order valence-electron chi connectivity index (χ0n) is 11.7. The lowest BCUT2D eigenvalue weighted by molar-refractivity contribution is -0.137. The largest absolute Gasteiger partial charge is 0.477 e. The third-order valence-electron chi connectivity index (χ3n) is 3.17. The van der Waals surface area contributed by atoms with Gasteiger partial charge in [-0.05, 0) is 26.2 Å². The Bertz CT molecular complexity index is 448. The second kappa shape index (κ2) is 5.93. The molecule has 0 bridgehead atoms. The van der Waals surface area contributed by atoms with Crippen LogP contribution in [0.5, 0.6) is 5.75 Å². The molecule has 1 atom stereocenters. The summed E-state index contributed by atoms with van der Waals surface area (Å²) in [5.74, 6) is 0.761. The first kappa shape index (κ1) is 13.7. The molecule has 5 nitrogen and oxygen atoms in total. The summed E-state index contributed by atoms with van der Waals surface area (Å²) in [7, 11) is 5.80. The van der Waals surface area contributed by atoms with Crippen molar-refractivity contribution in [1.29, 1.82) is 0 Å². The van der Waals surface area contributed by atoms with Crippen LogP contribution >= 0.6 is 0 Å². The standard InChI is InChI=1S/C14H21N3O2/c1-16(2)8-9-17(3)14(18)13-10-15-11-6-4-5-7-12(11)19-13/h4-7,13,15H,8-10H2,1-3H3. The van der Waals surface area contributed by atoms with Gasteiger partial charge in [-0.1, -0.05) is 12.1 Å². The summed E-state index contributed by atoms with van der Waals surface area (Å²) < 4.78 is 5.75. The Morgan fingerprint density at radius 2 is 2.05 bits per heavy atom. The molecule has 5 heteroatoms. The maximum atomic E-state index is 12.3. The summed E-state index contributed by atoms with van der Waals surface area (Å²) in [5, 5.41) is 3.23. The first-order valence-electron chi connectivity index (χ1n) is 6.47. The quantitative estimate of drug-likeness (QED) is 0.876. The molecule has 19 heavy (non-hydrogen) atoms. The smallest absolute Gasteiger partial charge is 0.265 e. The van der Waals surface area contributed by atoms with Crippen molar-refractivity contribution >= 4 is 11.6 Å². The van der Waals surface area contributed by atoms with E-state index in [1.54, 1.807) is 4.90 Å². The fourth-order valence-corrected chi connectivity index (χ4v) is 1.96. The third kappa shape index (κ3) is 3.38. The summed E-state index contributed by atoms with van der Waals surface area (Å²) in [6.45, 7) is 2.06. The molecule has 0 saturated heterocycles. The Morgan fingerprint density at radius 3 is 2.79 bits per heavy atom. The number of carbonyl (C=O) groups excluding carboxylic acids is 1. The number of anilines is 1. The van der Waals surface area contributed by atoms with Crippen LogP contribution in [0, 0.1) is 0 Å². The lowest BCUT2D eigenvalue weighted by Crippen LogP contribution is -2.47. The van der Waals surface area contributed by atoms with Gasteiger partial charge < -0.3 is 19.9 Å². The van der Waals surface area contributed by atoms with Gasteiger partial charge in [0, 0.05) is 20.1 Å². The molecular weight excluding hydrogens is 242 g/mol. The van der Waals surface area contributed by atoms with Crippen LogP contribution in [0.25, 0.3) is 0 Å². The minimum atomic E-state index is -0.443. The number of para-hydroxylation sites is 2.